The first kappa shape index (κ1) is 13.7. The Balaban J connectivity index is 1.84. The molecule has 20 heavy (non-hydrogen) atoms. The summed E-state index contributed by atoms with van der Waals surface area (Å²) < 4.78 is 0. The predicted molar refractivity (Wildman–Crippen MR) is 78.9 cm³/mol. The van der Waals surface area contributed by atoms with Gasteiger partial charge in [-0.25, -0.2) is 9.97 Å². The highest BCUT2D eigenvalue weighted by atomic mass is 32.1. The quantitative estimate of drug-likeness (QED) is 0.768. The normalized spacial score (nSPS) is 23.6. The molecule has 0 aliphatic carbocycles. The minimum absolute atomic E-state index is 0.462. The van der Waals surface area contributed by atoms with Crippen molar-refractivity contribution in [2.24, 2.45) is 0 Å². The van der Waals surface area contributed by atoms with Gasteiger partial charge in [-0.2, -0.15) is 0 Å². The van der Waals surface area contributed by atoms with Crippen LogP contribution in [0.15, 0.2) is 11.4 Å². The Bertz CT molecular complexity index is 593. The molecular weight excluding hydrogens is 276 g/mol. The summed E-state index contributed by atoms with van der Waals surface area (Å²) >= 11 is 1.59. The molecule has 0 amide bonds. The molecule has 0 saturated carbocycles. The maximum absolute atomic E-state index is 9.58. The predicted octanol–water partition coefficient (Wildman–Crippen LogP) is 0.660. The van der Waals surface area contributed by atoms with Gasteiger partial charge in [0.1, 0.15) is 16.5 Å². The number of aromatic nitrogens is 2. The Morgan fingerprint density at radius 2 is 2.10 bits per heavy atom. The van der Waals surface area contributed by atoms with Crippen molar-refractivity contribution in [2.75, 3.05) is 25.0 Å². The van der Waals surface area contributed by atoms with E-state index in [1.165, 1.54) is 0 Å². The molecule has 1 aliphatic heterocycles. The van der Waals surface area contributed by atoms with Gasteiger partial charge in [0.05, 0.1) is 24.1 Å². The summed E-state index contributed by atoms with van der Waals surface area (Å²) in [6.07, 6.45) is -1.34. The van der Waals surface area contributed by atoms with Gasteiger partial charge in [0, 0.05) is 19.6 Å². The molecule has 0 radical (unpaired) electrons. The molecule has 0 aromatic carbocycles. The van der Waals surface area contributed by atoms with Crippen LogP contribution in [-0.2, 0) is 6.54 Å². The van der Waals surface area contributed by atoms with Crippen LogP contribution in [0.5, 0.6) is 0 Å². The van der Waals surface area contributed by atoms with Crippen molar-refractivity contribution in [1.29, 1.82) is 0 Å². The highest BCUT2D eigenvalue weighted by molar-refractivity contribution is 7.16. The van der Waals surface area contributed by atoms with Gasteiger partial charge in [-0.3, -0.25) is 4.90 Å². The number of hydrogen-bond donors (Lipinski definition) is 3. The van der Waals surface area contributed by atoms with Crippen LogP contribution < -0.4 is 5.32 Å². The SMILES string of the molecule is CCNc1nc(CN2CC(O)C(O)C2)nc2sccc12. The lowest BCUT2D eigenvalue weighted by Gasteiger charge is -2.14. The fourth-order valence-corrected chi connectivity index (χ4v) is 3.23. The highest BCUT2D eigenvalue weighted by Gasteiger charge is 2.30. The Morgan fingerprint density at radius 1 is 1.35 bits per heavy atom. The van der Waals surface area contributed by atoms with E-state index in [4.69, 9.17) is 0 Å². The van der Waals surface area contributed by atoms with Crippen LogP contribution >= 0.6 is 11.3 Å². The number of nitrogens with zero attached hydrogens (tertiary/aromatic N) is 3. The summed E-state index contributed by atoms with van der Waals surface area (Å²) in [5.74, 6) is 1.58. The van der Waals surface area contributed by atoms with E-state index in [0.29, 0.717) is 19.6 Å². The van der Waals surface area contributed by atoms with Gasteiger partial charge in [0.2, 0.25) is 0 Å². The first-order valence-electron chi connectivity index (χ1n) is 6.74. The monoisotopic (exact) mass is 294 g/mol. The third kappa shape index (κ3) is 2.62. The number of aliphatic hydroxyl groups excluding tert-OH is 2. The highest BCUT2D eigenvalue weighted by Crippen LogP contribution is 2.25. The average Bonchev–Trinajstić information content (AvgIpc) is 2.98. The zero-order valence-corrected chi connectivity index (χ0v) is 12.1. The molecular formula is C13H18N4O2S. The van der Waals surface area contributed by atoms with E-state index in [9.17, 15) is 10.2 Å². The molecule has 2 atom stereocenters. The summed E-state index contributed by atoms with van der Waals surface area (Å²) in [6, 6.07) is 2.02. The summed E-state index contributed by atoms with van der Waals surface area (Å²) in [6.45, 7) is 4.31. The first-order valence-corrected chi connectivity index (χ1v) is 7.62. The molecule has 2 aromatic rings. The Morgan fingerprint density at radius 3 is 2.80 bits per heavy atom. The number of thiophene rings is 1. The Kier molecular flexibility index (Phi) is 3.84. The zero-order chi connectivity index (χ0) is 14.1. The molecule has 0 bridgehead atoms. The zero-order valence-electron chi connectivity index (χ0n) is 11.3. The lowest BCUT2D eigenvalue weighted by molar-refractivity contribution is 0.0572. The fourth-order valence-electron chi connectivity index (χ4n) is 2.45. The van der Waals surface area contributed by atoms with Gasteiger partial charge in [-0.05, 0) is 18.4 Å². The first-order chi connectivity index (χ1) is 9.67. The van der Waals surface area contributed by atoms with Gasteiger partial charge >= 0.3 is 0 Å². The average molecular weight is 294 g/mol. The van der Waals surface area contributed by atoms with Crippen LogP contribution in [0.3, 0.4) is 0 Å². The molecule has 1 saturated heterocycles. The van der Waals surface area contributed by atoms with E-state index in [2.05, 4.69) is 15.3 Å². The minimum atomic E-state index is -0.672. The van der Waals surface area contributed by atoms with Crippen LogP contribution in [0.2, 0.25) is 0 Å². The second-order valence-electron chi connectivity index (χ2n) is 4.99. The van der Waals surface area contributed by atoms with Gasteiger partial charge in [-0.1, -0.05) is 0 Å². The number of likely N-dealkylation sites (tertiary alicyclic amines) is 1. The van der Waals surface area contributed by atoms with Crippen molar-refractivity contribution in [2.45, 2.75) is 25.7 Å². The summed E-state index contributed by atoms with van der Waals surface area (Å²) in [5, 5.41) is 25.5. The Labute approximate surface area is 121 Å². The largest absolute Gasteiger partial charge is 0.389 e. The van der Waals surface area contributed by atoms with Crippen molar-refractivity contribution in [3.8, 4) is 0 Å². The third-order valence-corrected chi connectivity index (χ3v) is 4.22. The third-order valence-electron chi connectivity index (χ3n) is 3.42. The van der Waals surface area contributed by atoms with E-state index in [1.54, 1.807) is 11.3 Å². The maximum Gasteiger partial charge on any atom is 0.146 e. The number of anilines is 1. The molecule has 7 heteroatoms. The van der Waals surface area contributed by atoms with E-state index < -0.39 is 12.2 Å². The molecule has 1 fully saturated rings. The molecule has 3 heterocycles. The van der Waals surface area contributed by atoms with Gasteiger partial charge < -0.3 is 15.5 Å². The van der Waals surface area contributed by atoms with Crippen LogP contribution in [0, 0.1) is 0 Å². The molecule has 2 unspecified atom stereocenters. The summed E-state index contributed by atoms with van der Waals surface area (Å²) in [7, 11) is 0. The number of aliphatic hydroxyl groups is 2. The van der Waals surface area contributed by atoms with Crippen LogP contribution in [-0.4, -0.2) is 56.9 Å². The second-order valence-corrected chi connectivity index (χ2v) is 5.88. The number of fused-ring (bicyclic) bond motifs is 1. The lowest BCUT2D eigenvalue weighted by atomic mass is 10.3. The number of nitrogens with one attached hydrogen (secondary N) is 1. The van der Waals surface area contributed by atoms with Crippen molar-refractivity contribution in [1.82, 2.24) is 14.9 Å². The van der Waals surface area contributed by atoms with Gasteiger partial charge in [0.25, 0.3) is 0 Å². The standard InChI is InChI=1S/C13H18N4O2S/c1-2-14-12-8-3-4-20-13(8)16-11(15-12)7-17-5-9(18)10(19)6-17/h3-4,9-10,18-19H,2,5-7H2,1H3,(H,14,15,16). The minimum Gasteiger partial charge on any atom is -0.389 e. The van der Waals surface area contributed by atoms with Crippen LogP contribution in [0.4, 0.5) is 5.82 Å². The number of hydrogen-bond acceptors (Lipinski definition) is 7. The van der Waals surface area contributed by atoms with Gasteiger partial charge in [-0.15, -0.1) is 11.3 Å². The van der Waals surface area contributed by atoms with E-state index >= 15 is 0 Å². The Hall–Kier alpha value is -1.28. The number of β-amino-alcohol motifs (C(OH)–C–C–N with tert-alkyl or cyclic N) is 2. The van der Waals surface area contributed by atoms with Crippen LogP contribution in [0.1, 0.15) is 12.7 Å². The molecule has 2 aromatic heterocycles. The fraction of sp³-hybridized carbons (Fsp3) is 0.538. The van der Waals surface area contributed by atoms with E-state index in [0.717, 1.165) is 28.4 Å². The van der Waals surface area contributed by atoms with E-state index in [-0.39, 0.29) is 0 Å². The van der Waals surface area contributed by atoms with Crippen molar-refractivity contribution < 1.29 is 10.2 Å². The topological polar surface area (TPSA) is 81.5 Å². The maximum atomic E-state index is 9.58. The molecule has 3 N–H and O–H groups in total. The second kappa shape index (κ2) is 5.61. The molecule has 1 aliphatic rings. The molecule has 6 nitrogen and oxygen atoms in total. The molecule has 0 spiro atoms. The van der Waals surface area contributed by atoms with Crippen LogP contribution in [0.25, 0.3) is 10.2 Å². The van der Waals surface area contributed by atoms with Crippen molar-refractivity contribution >= 4 is 27.4 Å². The molecule has 108 valence electrons. The summed E-state index contributed by atoms with van der Waals surface area (Å²) in [5.41, 5.74) is 0. The lowest BCUT2D eigenvalue weighted by Crippen LogP contribution is -2.23. The van der Waals surface area contributed by atoms with Crippen molar-refractivity contribution in [3.63, 3.8) is 0 Å². The molecule has 3 rings (SSSR count). The summed E-state index contributed by atoms with van der Waals surface area (Å²) in [4.78, 5) is 12.0. The van der Waals surface area contributed by atoms with Gasteiger partial charge in [0.15, 0.2) is 0 Å². The van der Waals surface area contributed by atoms with E-state index in [1.807, 2.05) is 23.3 Å². The number of rotatable bonds is 4. The smallest absolute Gasteiger partial charge is 0.146 e. The van der Waals surface area contributed by atoms with Crippen molar-refractivity contribution in [3.05, 3.63) is 17.3 Å².